The molecule has 0 amide bonds. The number of nitrogens with two attached hydrogens (primary N) is 2. The minimum Gasteiger partial charge on any atom is -0.481 e. The molecule has 39 heavy (non-hydrogen) atoms. The van der Waals surface area contributed by atoms with Crippen molar-refractivity contribution in [2.45, 2.75) is 64.1 Å². The SMILES string of the molecule is COC(C)(C)CN(Cc1cccnc1)C1CCc2ccc(C(CC(=O)O)c3ccc(N(C)N)c(N)c3C)cc21. The van der Waals surface area contributed by atoms with E-state index in [1.165, 1.54) is 16.1 Å². The van der Waals surface area contributed by atoms with E-state index in [-0.39, 0.29) is 24.0 Å². The van der Waals surface area contributed by atoms with Gasteiger partial charge in [0.15, 0.2) is 0 Å². The van der Waals surface area contributed by atoms with Crippen LogP contribution in [-0.4, -0.2) is 47.3 Å². The lowest BCUT2D eigenvalue weighted by molar-refractivity contribution is -0.137. The van der Waals surface area contributed by atoms with Crippen molar-refractivity contribution in [2.24, 2.45) is 5.84 Å². The number of hydrogen-bond donors (Lipinski definition) is 3. The Kier molecular flexibility index (Phi) is 8.59. The zero-order valence-corrected chi connectivity index (χ0v) is 23.6. The number of hydrazine groups is 1. The highest BCUT2D eigenvalue weighted by atomic mass is 16.5. The number of aliphatic carboxylic acids is 1. The Morgan fingerprint density at radius 2 is 2.03 bits per heavy atom. The Balaban J connectivity index is 1.75. The number of nitrogen functional groups attached to an aromatic ring is 1. The van der Waals surface area contributed by atoms with E-state index in [1.807, 2.05) is 31.3 Å². The molecule has 1 aliphatic carbocycles. The second kappa shape index (κ2) is 11.7. The smallest absolute Gasteiger partial charge is 0.304 e. The Labute approximate surface area is 231 Å². The van der Waals surface area contributed by atoms with Crippen LogP contribution in [0.3, 0.4) is 0 Å². The maximum Gasteiger partial charge on any atom is 0.304 e. The second-order valence-corrected chi connectivity index (χ2v) is 11.2. The van der Waals surface area contributed by atoms with Gasteiger partial charge in [-0.25, -0.2) is 5.84 Å². The van der Waals surface area contributed by atoms with Gasteiger partial charge in [-0.15, -0.1) is 0 Å². The molecule has 208 valence electrons. The van der Waals surface area contributed by atoms with Gasteiger partial charge in [0, 0.05) is 51.6 Å². The minimum atomic E-state index is -0.852. The molecule has 2 aromatic carbocycles. The summed E-state index contributed by atoms with van der Waals surface area (Å²) in [5.74, 6) is 4.77. The van der Waals surface area contributed by atoms with Gasteiger partial charge in [0.25, 0.3) is 0 Å². The molecule has 0 radical (unpaired) electrons. The van der Waals surface area contributed by atoms with Crippen molar-refractivity contribution in [1.29, 1.82) is 0 Å². The number of rotatable bonds is 11. The van der Waals surface area contributed by atoms with E-state index in [0.717, 1.165) is 48.2 Å². The van der Waals surface area contributed by atoms with E-state index in [1.54, 1.807) is 20.4 Å². The number of fused-ring (bicyclic) bond motifs is 1. The molecular weight excluding hydrogens is 490 g/mol. The molecule has 8 nitrogen and oxygen atoms in total. The Morgan fingerprint density at radius 1 is 1.26 bits per heavy atom. The highest BCUT2D eigenvalue weighted by Crippen LogP contribution is 2.42. The van der Waals surface area contributed by atoms with E-state index in [2.05, 4.69) is 48.0 Å². The number of aryl methyl sites for hydroxylation is 1. The van der Waals surface area contributed by atoms with Crippen molar-refractivity contribution in [3.8, 4) is 0 Å². The Hall–Kier alpha value is -3.46. The molecule has 2 atom stereocenters. The van der Waals surface area contributed by atoms with Crippen LogP contribution in [0, 0.1) is 6.92 Å². The molecule has 0 saturated heterocycles. The van der Waals surface area contributed by atoms with Crippen molar-refractivity contribution in [3.63, 3.8) is 0 Å². The fraction of sp³-hybridized carbons (Fsp3) is 0.419. The third kappa shape index (κ3) is 6.41. The summed E-state index contributed by atoms with van der Waals surface area (Å²) in [5.41, 5.74) is 13.8. The first kappa shape index (κ1) is 28.5. The highest BCUT2D eigenvalue weighted by Gasteiger charge is 2.33. The van der Waals surface area contributed by atoms with Gasteiger partial charge in [-0.05, 0) is 79.1 Å². The van der Waals surface area contributed by atoms with Gasteiger partial charge in [0.1, 0.15) is 0 Å². The molecule has 1 heterocycles. The number of carbonyl (C=O) groups is 1. The molecule has 1 aliphatic rings. The van der Waals surface area contributed by atoms with Crippen molar-refractivity contribution in [3.05, 3.63) is 88.2 Å². The van der Waals surface area contributed by atoms with E-state index >= 15 is 0 Å². The summed E-state index contributed by atoms with van der Waals surface area (Å²) in [7, 11) is 3.49. The average Bonchev–Trinajstić information content (AvgIpc) is 3.32. The second-order valence-electron chi connectivity index (χ2n) is 11.2. The summed E-state index contributed by atoms with van der Waals surface area (Å²) in [6, 6.07) is 14.5. The molecule has 0 saturated carbocycles. The first-order chi connectivity index (χ1) is 18.5. The molecule has 0 aliphatic heterocycles. The number of ether oxygens (including phenoxy) is 1. The van der Waals surface area contributed by atoms with Crippen LogP contribution in [0.2, 0.25) is 0 Å². The lowest BCUT2D eigenvalue weighted by Crippen LogP contribution is -2.41. The number of aromatic nitrogens is 1. The molecule has 0 fully saturated rings. The van der Waals surface area contributed by atoms with Gasteiger partial charge >= 0.3 is 5.97 Å². The van der Waals surface area contributed by atoms with Gasteiger partial charge < -0.3 is 20.6 Å². The number of pyridine rings is 1. The zero-order chi connectivity index (χ0) is 28.3. The number of carboxylic acids is 1. The number of carboxylic acid groups (broad SMARTS) is 1. The van der Waals surface area contributed by atoms with Crippen molar-refractivity contribution in [2.75, 3.05) is 31.4 Å². The van der Waals surface area contributed by atoms with Gasteiger partial charge in [-0.3, -0.25) is 14.7 Å². The summed E-state index contributed by atoms with van der Waals surface area (Å²) in [4.78, 5) is 18.8. The number of methoxy groups -OCH3 is 1. The van der Waals surface area contributed by atoms with Gasteiger partial charge in [0.05, 0.1) is 23.4 Å². The lowest BCUT2D eigenvalue weighted by atomic mass is 9.84. The molecule has 8 heteroatoms. The van der Waals surface area contributed by atoms with Gasteiger partial charge in [-0.2, -0.15) is 0 Å². The number of benzene rings is 2. The Morgan fingerprint density at radius 3 is 2.67 bits per heavy atom. The lowest BCUT2D eigenvalue weighted by Gasteiger charge is -2.36. The van der Waals surface area contributed by atoms with E-state index in [4.69, 9.17) is 16.3 Å². The normalized spacial score (nSPS) is 15.8. The van der Waals surface area contributed by atoms with E-state index in [0.29, 0.717) is 11.4 Å². The van der Waals surface area contributed by atoms with E-state index < -0.39 is 5.97 Å². The molecule has 0 bridgehead atoms. The van der Waals surface area contributed by atoms with Crippen LogP contribution in [0.4, 0.5) is 11.4 Å². The summed E-state index contributed by atoms with van der Waals surface area (Å²) in [5, 5.41) is 11.4. The molecule has 3 aromatic rings. The minimum absolute atomic E-state index is 0.0301. The summed E-state index contributed by atoms with van der Waals surface area (Å²) >= 11 is 0. The number of nitrogens with zero attached hydrogens (tertiary/aromatic N) is 3. The molecule has 4 rings (SSSR count). The Bertz CT molecular complexity index is 1310. The molecular formula is C31H41N5O3. The largest absolute Gasteiger partial charge is 0.481 e. The zero-order valence-electron chi connectivity index (χ0n) is 23.6. The fourth-order valence-corrected chi connectivity index (χ4v) is 5.75. The van der Waals surface area contributed by atoms with Crippen LogP contribution in [0.5, 0.6) is 0 Å². The highest BCUT2D eigenvalue weighted by molar-refractivity contribution is 5.74. The first-order valence-electron chi connectivity index (χ1n) is 13.4. The topological polar surface area (TPSA) is 118 Å². The van der Waals surface area contributed by atoms with Crippen LogP contribution in [-0.2, 0) is 22.5 Å². The number of hydrogen-bond acceptors (Lipinski definition) is 7. The maximum atomic E-state index is 12.0. The monoisotopic (exact) mass is 531 g/mol. The predicted molar refractivity (Wildman–Crippen MR) is 156 cm³/mol. The fourth-order valence-electron chi connectivity index (χ4n) is 5.75. The van der Waals surface area contributed by atoms with Crippen LogP contribution in [0.15, 0.2) is 54.9 Å². The summed E-state index contributed by atoms with van der Waals surface area (Å²) < 4.78 is 5.82. The van der Waals surface area contributed by atoms with Crippen LogP contribution in [0.1, 0.15) is 72.0 Å². The number of anilines is 2. The van der Waals surface area contributed by atoms with Crippen LogP contribution >= 0.6 is 0 Å². The van der Waals surface area contributed by atoms with Gasteiger partial charge in [0.2, 0.25) is 0 Å². The molecule has 5 N–H and O–H groups in total. The van der Waals surface area contributed by atoms with Crippen molar-refractivity contribution < 1.29 is 14.6 Å². The van der Waals surface area contributed by atoms with Crippen molar-refractivity contribution >= 4 is 17.3 Å². The third-order valence-electron chi connectivity index (χ3n) is 7.97. The van der Waals surface area contributed by atoms with Crippen LogP contribution < -0.4 is 16.6 Å². The molecule has 2 unspecified atom stereocenters. The first-order valence-corrected chi connectivity index (χ1v) is 13.4. The third-order valence-corrected chi connectivity index (χ3v) is 7.97. The predicted octanol–water partition coefficient (Wildman–Crippen LogP) is 4.80. The molecule has 0 spiro atoms. The van der Waals surface area contributed by atoms with E-state index in [9.17, 15) is 9.90 Å². The quantitative estimate of drug-likeness (QED) is 0.183. The average molecular weight is 532 g/mol. The van der Waals surface area contributed by atoms with Gasteiger partial charge in [-0.1, -0.05) is 30.3 Å². The van der Waals surface area contributed by atoms with Crippen molar-refractivity contribution in [1.82, 2.24) is 9.88 Å². The maximum absolute atomic E-state index is 12.0. The standard InChI is InChI=1S/C31H41N5O3/c1-20-24(11-13-28(30(20)32)35(4)33)25(16-29(37)38)23-9-8-22-10-12-27(26(22)15-23)36(19-31(2,3)39-5)18-21-7-6-14-34-17-21/h6-9,11,13-15,17,25,27H,10,12,16,18-19,32-33H2,1-5H3,(H,37,38). The summed E-state index contributed by atoms with van der Waals surface area (Å²) in [6.45, 7) is 7.64. The summed E-state index contributed by atoms with van der Waals surface area (Å²) in [6.07, 6.45) is 5.64. The van der Waals surface area contributed by atoms with Crippen LogP contribution in [0.25, 0.3) is 0 Å². The molecule has 1 aromatic heterocycles.